The van der Waals surface area contributed by atoms with Crippen molar-refractivity contribution in [2.45, 2.75) is 56.0 Å². The van der Waals surface area contributed by atoms with Gasteiger partial charge >= 0.3 is 0 Å². The smallest absolute Gasteiger partial charge is 0.240 e. The number of benzene rings is 4. The summed E-state index contributed by atoms with van der Waals surface area (Å²) in [6.07, 6.45) is -0.409. The van der Waals surface area contributed by atoms with Crippen LogP contribution in [0.5, 0.6) is 0 Å². The van der Waals surface area contributed by atoms with E-state index in [1.807, 2.05) is 72.8 Å². The van der Waals surface area contributed by atoms with Crippen molar-refractivity contribution < 1.29 is 28.1 Å². The molecule has 4 aromatic rings. The molecule has 0 aliphatic carbocycles. The molecular formula is C36H40N2O6S. The molecule has 236 valence electrons. The summed E-state index contributed by atoms with van der Waals surface area (Å²) < 4.78 is 41.3. The van der Waals surface area contributed by atoms with E-state index in [2.05, 4.69) is 16.5 Å². The summed E-state index contributed by atoms with van der Waals surface area (Å²) in [6, 6.07) is 32.2. The Hall–Kier alpha value is -3.41. The first-order chi connectivity index (χ1) is 21.8. The van der Waals surface area contributed by atoms with Crippen molar-refractivity contribution in [2.24, 2.45) is 5.92 Å². The highest BCUT2D eigenvalue weighted by Gasteiger charge is 2.39. The van der Waals surface area contributed by atoms with Crippen LogP contribution in [0.2, 0.25) is 0 Å². The quantitative estimate of drug-likeness (QED) is 0.222. The summed E-state index contributed by atoms with van der Waals surface area (Å²) in [4.78, 5) is 2.50. The number of rotatable bonds is 10. The van der Waals surface area contributed by atoms with Gasteiger partial charge in [-0.3, -0.25) is 4.90 Å². The lowest BCUT2D eigenvalue weighted by molar-refractivity contribution is -0.276. The van der Waals surface area contributed by atoms with Crippen LogP contribution >= 0.6 is 0 Å². The number of nitrogens with one attached hydrogen (secondary N) is 1. The normalized spacial score (nSPS) is 24.1. The van der Waals surface area contributed by atoms with Gasteiger partial charge in [-0.1, -0.05) is 91.9 Å². The molecule has 2 saturated heterocycles. The summed E-state index contributed by atoms with van der Waals surface area (Å²) in [5.41, 5.74) is 5.62. The molecule has 8 nitrogen and oxygen atoms in total. The van der Waals surface area contributed by atoms with Gasteiger partial charge in [0.25, 0.3) is 0 Å². The number of hydrogen-bond acceptors (Lipinski definition) is 7. The second kappa shape index (κ2) is 13.9. The number of β-amino-alcohol motifs (C(OH)–C–C–N with tert-alkyl or cyclic N) is 1. The van der Waals surface area contributed by atoms with E-state index in [0.717, 1.165) is 46.3 Å². The average Bonchev–Trinajstić information content (AvgIpc) is 3.49. The SMILES string of the molecule is C[C@H]1[C@@H](CN2CC[C@H](O)C2)O[C@@H](c2ccc(-c3cccc(CNS(=O)(=O)c4ccccc4)c3)cc2)O[C@H]1c1ccc(CO)cc1. The van der Waals surface area contributed by atoms with E-state index in [1.54, 1.807) is 30.3 Å². The number of aliphatic hydroxyl groups excluding tert-OH is 2. The van der Waals surface area contributed by atoms with Crippen LogP contribution in [0.4, 0.5) is 0 Å². The van der Waals surface area contributed by atoms with Gasteiger partial charge in [0, 0.05) is 37.7 Å². The second-order valence-electron chi connectivity index (χ2n) is 12.0. The fraction of sp³-hybridized carbons (Fsp3) is 0.333. The summed E-state index contributed by atoms with van der Waals surface area (Å²) in [5.74, 6) is 0.0697. The molecule has 0 unspecified atom stereocenters. The summed E-state index contributed by atoms with van der Waals surface area (Å²) in [7, 11) is -3.61. The van der Waals surface area contributed by atoms with Crippen molar-refractivity contribution in [3.8, 4) is 11.1 Å². The molecule has 0 spiro atoms. The van der Waals surface area contributed by atoms with Gasteiger partial charge in [0.05, 0.1) is 29.8 Å². The van der Waals surface area contributed by atoms with Gasteiger partial charge in [-0.05, 0) is 52.4 Å². The zero-order chi connectivity index (χ0) is 31.4. The van der Waals surface area contributed by atoms with Crippen molar-refractivity contribution in [3.05, 3.63) is 125 Å². The van der Waals surface area contributed by atoms with E-state index in [-0.39, 0.29) is 42.3 Å². The molecule has 2 aliphatic heterocycles. The molecule has 0 bridgehead atoms. The molecule has 2 heterocycles. The lowest BCUT2D eigenvalue weighted by atomic mass is 9.90. The Balaban J connectivity index is 1.18. The lowest BCUT2D eigenvalue weighted by Crippen LogP contribution is -2.44. The van der Waals surface area contributed by atoms with Crippen LogP contribution in [0.3, 0.4) is 0 Å². The van der Waals surface area contributed by atoms with Crippen LogP contribution < -0.4 is 4.72 Å². The molecule has 0 aromatic heterocycles. The van der Waals surface area contributed by atoms with Crippen LogP contribution in [0.25, 0.3) is 11.1 Å². The Bertz CT molecular complexity index is 1660. The Morgan fingerprint density at radius 2 is 1.58 bits per heavy atom. The fourth-order valence-corrected chi connectivity index (χ4v) is 7.15. The third kappa shape index (κ3) is 7.53. The Morgan fingerprint density at radius 1 is 0.844 bits per heavy atom. The van der Waals surface area contributed by atoms with Gasteiger partial charge in [0.1, 0.15) is 0 Å². The zero-order valence-corrected chi connectivity index (χ0v) is 26.1. The van der Waals surface area contributed by atoms with E-state index in [1.165, 1.54) is 0 Å². The van der Waals surface area contributed by atoms with Gasteiger partial charge < -0.3 is 19.7 Å². The number of aliphatic hydroxyl groups is 2. The van der Waals surface area contributed by atoms with Gasteiger partial charge in [-0.15, -0.1) is 0 Å². The highest BCUT2D eigenvalue weighted by Crippen LogP contribution is 2.42. The van der Waals surface area contributed by atoms with Crippen molar-refractivity contribution in [3.63, 3.8) is 0 Å². The molecule has 2 fully saturated rings. The molecule has 0 amide bonds. The topological polar surface area (TPSA) is 108 Å². The maximum Gasteiger partial charge on any atom is 0.240 e. The molecule has 6 rings (SSSR count). The predicted octanol–water partition coefficient (Wildman–Crippen LogP) is 5.18. The zero-order valence-electron chi connectivity index (χ0n) is 25.3. The first kappa shape index (κ1) is 31.6. The third-order valence-electron chi connectivity index (χ3n) is 8.77. The monoisotopic (exact) mass is 628 g/mol. The van der Waals surface area contributed by atoms with E-state index in [9.17, 15) is 18.6 Å². The number of nitrogens with zero attached hydrogens (tertiary/aromatic N) is 1. The number of sulfonamides is 1. The van der Waals surface area contributed by atoms with Gasteiger partial charge in [-0.25, -0.2) is 13.1 Å². The van der Waals surface area contributed by atoms with Crippen molar-refractivity contribution in [1.29, 1.82) is 0 Å². The highest BCUT2D eigenvalue weighted by molar-refractivity contribution is 7.89. The lowest BCUT2D eigenvalue weighted by Gasteiger charge is -2.42. The molecule has 3 N–H and O–H groups in total. The van der Waals surface area contributed by atoms with Crippen LogP contribution in [-0.2, 0) is 32.6 Å². The Morgan fingerprint density at radius 3 is 2.27 bits per heavy atom. The van der Waals surface area contributed by atoms with Gasteiger partial charge in [-0.2, -0.15) is 0 Å². The fourth-order valence-electron chi connectivity index (χ4n) is 6.12. The molecule has 0 radical (unpaired) electrons. The van der Waals surface area contributed by atoms with E-state index < -0.39 is 16.3 Å². The standard InChI is InChI=1S/C36H40N2O6S/c1-25-34(23-38-19-18-32(40)22-38)43-36(44-35(25)29-12-10-26(24-39)11-13-29)30-16-14-28(15-17-30)31-7-5-6-27(20-31)21-37-45(41,42)33-8-3-2-4-9-33/h2-17,20,25,32,34-37,39-40H,18-19,21-24H2,1H3/t25-,32-,34+,35+,36+/m0/s1. The van der Waals surface area contributed by atoms with Gasteiger partial charge in [0.15, 0.2) is 6.29 Å². The molecule has 5 atom stereocenters. The molecule has 9 heteroatoms. The third-order valence-corrected chi connectivity index (χ3v) is 10.2. The van der Waals surface area contributed by atoms with Crippen molar-refractivity contribution in [1.82, 2.24) is 9.62 Å². The minimum atomic E-state index is -3.61. The first-order valence-corrected chi connectivity index (χ1v) is 16.9. The average molecular weight is 629 g/mol. The minimum absolute atomic E-state index is 0.00837. The van der Waals surface area contributed by atoms with E-state index >= 15 is 0 Å². The largest absolute Gasteiger partial charge is 0.392 e. The van der Waals surface area contributed by atoms with Crippen molar-refractivity contribution in [2.75, 3.05) is 19.6 Å². The summed E-state index contributed by atoms with van der Waals surface area (Å²) in [6.45, 7) is 4.52. The van der Waals surface area contributed by atoms with Crippen LogP contribution in [-0.4, -0.2) is 55.4 Å². The maximum atomic E-state index is 12.7. The first-order valence-electron chi connectivity index (χ1n) is 15.4. The number of likely N-dealkylation sites (tertiary alicyclic amines) is 1. The van der Waals surface area contributed by atoms with Crippen LogP contribution in [0.15, 0.2) is 108 Å². The molecule has 0 saturated carbocycles. The van der Waals surface area contributed by atoms with Crippen LogP contribution in [0, 0.1) is 5.92 Å². The predicted molar refractivity (Wildman–Crippen MR) is 172 cm³/mol. The number of hydrogen-bond donors (Lipinski definition) is 3. The van der Waals surface area contributed by atoms with E-state index in [0.29, 0.717) is 13.1 Å². The van der Waals surface area contributed by atoms with Crippen molar-refractivity contribution >= 4 is 10.0 Å². The highest BCUT2D eigenvalue weighted by atomic mass is 32.2. The Labute approximate surface area is 265 Å². The van der Waals surface area contributed by atoms with Gasteiger partial charge in [0.2, 0.25) is 10.0 Å². The minimum Gasteiger partial charge on any atom is -0.392 e. The molecule has 45 heavy (non-hydrogen) atoms. The molecular weight excluding hydrogens is 588 g/mol. The number of ether oxygens (including phenoxy) is 2. The maximum absolute atomic E-state index is 12.7. The molecule has 4 aromatic carbocycles. The second-order valence-corrected chi connectivity index (χ2v) is 13.8. The molecule has 2 aliphatic rings. The summed E-state index contributed by atoms with van der Waals surface area (Å²) >= 11 is 0. The Kier molecular flexibility index (Phi) is 9.77. The van der Waals surface area contributed by atoms with Crippen LogP contribution in [0.1, 0.15) is 48.0 Å². The van der Waals surface area contributed by atoms with E-state index in [4.69, 9.17) is 9.47 Å². The summed E-state index contributed by atoms with van der Waals surface area (Å²) in [5, 5.41) is 19.6.